The van der Waals surface area contributed by atoms with E-state index in [9.17, 15) is 4.79 Å². The summed E-state index contributed by atoms with van der Waals surface area (Å²) >= 11 is 5.77. The molecule has 0 saturated carbocycles. The molecule has 3 rings (SSSR count). The van der Waals surface area contributed by atoms with Gasteiger partial charge in [0.2, 0.25) is 0 Å². The summed E-state index contributed by atoms with van der Waals surface area (Å²) in [6.07, 6.45) is 2.07. The van der Waals surface area contributed by atoms with Crippen LogP contribution < -0.4 is 5.56 Å². The predicted octanol–water partition coefficient (Wildman–Crippen LogP) is 2.26. The zero-order valence-corrected chi connectivity index (χ0v) is 13.4. The Kier molecular flexibility index (Phi) is 4.20. The first-order valence-corrected chi connectivity index (χ1v) is 7.47. The van der Waals surface area contributed by atoms with Crippen LogP contribution in [0.3, 0.4) is 0 Å². The van der Waals surface area contributed by atoms with Crippen LogP contribution in [0.25, 0.3) is 11.4 Å². The minimum Gasteiger partial charge on any atom is -0.360 e. The summed E-state index contributed by atoms with van der Waals surface area (Å²) in [5.41, 5.74) is 2.45. The Bertz CT molecular complexity index is 886. The lowest BCUT2D eigenvalue weighted by atomic mass is 10.1. The van der Waals surface area contributed by atoms with Crippen LogP contribution in [0.1, 0.15) is 23.9 Å². The summed E-state index contributed by atoms with van der Waals surface area (Å²) in [4.78, 5) is 12.0. The van der Waals surface area contributed by atoms with E-state index in [0.717, 1.165) is 11.3 Å². The van der Waals surface area contributed by atoms with Crippen molar-refractivity contribution in [1.29, 1.82) is 0 Å². The van der Waals surface area contributed by atoms with Gasteiger partial charge in [-0.15, -0.1) is 5.10 Å². The number of aromatic nitrogens is 5. The quantitative estimate of drug-likeness (QED) is 0.728. The number of hydrogen-bond acceptors (Lipinski definition) is 6. The van der Waals surface area contributed by atoms with Crippen LogP contribution in [0.2, 0.25) is 5.02 Å². The number of rotatable bonds is 4. The molecule has 0 amide bonds. The third-order valence-corrected chi connectivity index (χ3v) is 3.58. The largest absolute Gasteiger partial charge is 0.360 e. The summed E-state index contributed by atoms with van der Waals surface area (Å²) in [6, 6.07) is 4.99. The molecule has 0 aromatic carbocycles. The third kappa shape index (κ3) is 3.14. The van der Waals surface area contributed by atoms with E-state index < -0.39 is 0 Å². The van der Waals surface area contributed by atoms with Crippen LogP contribution in [0.15, 0.2) is 33.7 Å². The molecule has 23 heavy (non-hydrogen) atoms. The van der Waals surface area contributed by atoms with Crippen LogP contribution in [0, 0.1) is 6.92 Å². The second kappa shape index (κ2) is 6.29. The fourth-order valence-corrected chi connectivity index (χ4v) is 2.33. The molecular weight excluding hydrogens is 318 g/mol. The maximum absolute atomic E-state index is 12.0. The Labute approximate surface area is 136 Å². The van der Waals surface area contributed by atoms with Crippen molar-refractivity contribution in [3.05, 3.63) is 56.8 Å². The highest BCUT2D eigenvalue weighted by molar-refractivity contribution is 6.30. The predicted molar refractivity (Wildman–Crippen MR) is 84.3 cm³/mol. The number of hydrogen-bond donors (Lipinski definition) is 0. The van der Waals surface area contributed by atoms with Gasteiger partial charge in [0.25, 0.3) is 5.56 Å². The molecule has 118 valence electrons. The van der Waals surface area contributed by atoms with Gasteiger partial charge in [0, 0.05) is 18.1 Å². The van der Waals surface area contributed by atoms with E-state index in [1.54, 1.807) is 0 Å². The van der Waals surface area contributed by atoms with Crippen molar-refractivity contribution in [3.63, 3.8) is 0 Å². The molecule has 0 aliphatic heterocycles. The van der Waals surface area contributed by atoms with Gasteiger partial charge in [-0.3, -0.25) is 4.79 Å². The smallest absolute Gasteiger partial charge is 0.268 e. The standard InChI is InChI=1S/C15H14ClN5O2/c1-3-13-11(8-21-14(22)6-10(16)7-17-21)15(20-23-13)12-5-4-9(2)18-19-12/h4-7H,3,8H2,1-2H3. The van der Waals surface area contributed by atoms with Crippen LogP contribution in [0.5, 0.6) is 0 Å². The Morgan fingerprint density at radius 2 is 2.13 bits per heavy atom. The summed E-state index contributed by atoms with van der Waals surface area (Å²) in [7, 11) is 0. The van der Waals surface area contributed by atoms with Gasteiger partial charge in [-0.05, 0) is 19.1 Å². The van der Waals surface area contributed by atoms with E-state index in [2.05, 4.69) is 20.5 Å². The van der Waals surface area contributed by atoms with E-state index in [1.807, 2.05) is 26.0 Å². The molecule has 0 saturated heterocycles. The second-order valence-corrected chi connectivity index (χ2v) is 5.45. The van der Waals surface area contributed by atoms with Gasteiger partial charge in [-0.2, -0.15) is 10.2 Å². The molecule has 0 fully saturated rings. The highest BCUT2D eigenvalue weighted by Gasteiger charge is 2.19. The van der Waals surface area contributed by atoms with Crippen LogP contribution >= 0.6 is 11.6 Å². The van der Waals surface area contributed by atoms with Crippen molar-refractivity contribution in [1.82, 2.24) is 25.1 Å². The summed E-state index contributed by atoms with van der Waals surface area (Å²) < 4.78 is 6.69. The summed E-state index contributed by atoms with van der Waals surface area (Å²) in [5, 5.41) is 16.6. The molecule has 0 bridgehead atoms. The molecular formula is C15H14ClN5O2. The summed E-state index contributed by atoms with van der Waals surface area (Å²) in [5.74, 6) is 0.686. The van der Waals surface area contributed by atoms with E-state index >= 15 is 0 Å². The number of halogens is 1. The molecule has 0 aliphatic rings. The van der Waals surface area contributed by atoms with Gasteiger partial charge in [-0.25, -0.2) is 4.68 Å². The lowest BCUT2D eigenvalue weighted by Crippen LogP contribution is -2.22. The van der Waals surface area contributed by atoms with Gasteiger partial charge < -0.3 is 4.52 Å². The number of nitrogens with zero attached hydrogens (tertiary/aromatic N) is 5. The highest BCUT2D eigenvalue weighted by atomic mass is 35.5. The van der Waals surface area contributed by atoms with Gasteiger partial charge in [-0.1, -0.05) is 23.7 Å². The lowest BCUT2D eigenvalue weighted by Gasteiger charge is -2.05. The van der Waals surface area contributed by atoms with Crippen molar-refractivity contribution in [3.8, 4) is 11.4 Å². The van der Waals surface area contributed by atoms with E-state index in [-0.39, 0.29) is 12.1 Å². The van der Waals surface area contributed by atoms with Crippen LogP contribution in [-0.2, 0) is 13.0 Å². The molecule has 3 aromatic rings. The molecule has 3 heterocycles. The Morgan fingerprint density at radius 1 is 1.30 bits per heavy atom. The second-order valence-electron chi connectivity index (χ2n) is 5.02. The lowest BCUT2D eigenvalue weighted by molar-refractivity contribution is 0.386. The highest BCUT2D eigenvalue weighted by Crippen LogP contribution is 2.24. The minimum absolute atomic E-state index is 0.230. The fourth-order valence-electron chi connectivity index (χ4n) is 2.19. The molecule has 0 atom stereocenters. The Hall–Kier alpha value is -2.54. The summed E-state index contributed by atoms with van der Waals surface area (Å²) in [6.45, 7) is 4.04. The molecule has 0 spiro atoms. The van der Waals surface area contributed by atoms with Crippen molar-refractivity contribution >= 4 is 11.6 Å². The average molecular weight is 332 g/mol. The molecule has 0 radical (unpaired) electrons. The zero-order chi connectivity index (χ0) is 16.4. The van der Waals surface area contributed by atoms with Crippen molar-refractivity contribution < 1.29 is 4.52 Å². The van der Waals surface area contributed by atoms with Gasteiger partial charge >= 0.3 is 0 Å². The topological polar surface area (TPSA) is 86.7 Å². The van der Waals surface area contributed by atoms with Crippen molar-refractivity contribution in [2.24, 2.45) is 0 Å². The first kappa shape index (κ1) is 15.4. The average Bonchev–Trinajstić information content (AvgIpc) is 2.93. The van der Waals surface area contributed by atoms with Crippen molar-refractivity contribution in [2.45, 2.75) is 26.8 Å². The van der Waals surface area contributed by atoms with Gasteiger partial charge in [0.1, 0.15) is 17.1 Å². The normalized spacial score (nSPS) is 10.9. The van der Waals surface area contributed by atoms with Gasteiger partial charge in [0.15, 0.2) is 0 Å². The monoisotopic (exact) mass is 331 g/mol. The van der Waals surface area contributed by atoms with Gasteiger partial charge in [0.05, 0.1) is 23.5 Å². The zero-order valence-electron chi connectivity index (χ0n) is 12.7. The first-order chi connectivity index (χ1) is 11.1. The SMILES string of the molecule is CCc1onc(-c2ccc(C)nn2)c1Cn1ncc(Cl)cc1=O. The maximum Gasteiger partial charge on any atom is 0.268 e. The molecule has 8 heteroatoms. The van der Waals surface area contributed by atoms with Crippen LogP contribution in [-0.4, -0.2) is 25.1 Å². The van der Waals surface area contributed by atoms with Crippen LogP contribution in [0.4, 0.5) is 0 Å². The van der Waals surface area contributed by atoms with E-state index in [4.69, 9.17) is 16.1 Å². The number of aryl methyl sites for hydroxylation is 2. The van der Waals surface area contributed by atoms with Crippen molar-refractivity contribution in [2.75, 3.05) is 0 Å². The van der Waals surface area contributed by atoms with E-state index in [1.165, 1.54) is 16.9 Å². The molecule has 7 nitrogen and oxygen atoms in total. The molecule has 0 unspecified atom stereocenters. The third-order valence-electron chi connectivity index (χ3n) is 3.38. The van der Waals surface area contributed by atoms with E-state index in [0.29, 0.717) is 28.6 Å². The minimum atomic E-state index is -0.290. The molecule has 3 aromatic heterocycles. The maximum atomic E-state index is 12.0. The Morgan fingerprint density at radius 3 is 2.78 bits per heavy atom. The first-order valence-electron chi connectivity index (χ1n) is 7.09. The Balaban J connectivity index is 2.05. The molecule has 0 aliphatic carbocycles. The fraction of sp³-hybridized carbons (Fsp3) is 0.267. The molecule has 0 N–H and O–H groups in total.